The highest BCUT2D eigenvalue weighted by Gasteiger charge is 2.51. The lowest BCUT2D eigenvalue weighted by Gasteiger charge is -2.27. The van der Waals surface area contributed by atoms with Gasteiger partial charge in [0.2, 0.25) is 5.96 Å². The van der Waals surface area contributed by atoms with E-state index in [0.29, 0.717) is 11.3 Å². The predicted octanol–water partition coefficient (Wildman–Crippen LogP) is 4.62. The number of nitrogens with one attached hydrogen (secondary N) is 1. The highest BCUT2D eigenvalue weighted by Crippen LogP contribution is 2.40. The van der Waals surface area contributed by atoms with Crippen LogP contribution in [0.4, 0.5) is 13.6 Å². The standard InChI is InChI=1S/C29H28F2N4O5/c1-17-14-18(15-23(32-17)24(36)39-5)16-35-25(37)29(19-6-10-21(30)11-7-19,20-8-12-22(31)13-9-20)34-26(35)33-27(38)40-28(2,3)4/h6-15H,16H2,1-5H3,(H,33,34,38). The number of methoxy groups -OCH3 is 1. The van der Waals surface area contributed by atoms with Gasteiger partial charge in [0.05, 0.1) is 13.7 Å². The number of carbonyl (C=O) groups is 3. The molecule has 3 aromatic rings. The lowest BCUT2D eigenvalue weighted by molar-refractivity contribution is -0.130. The second kappa shape index (κ2) is 10.8. The Labute approximate surface area is 229 Å². The number of pyridine rings is 1. The van der Waals surface area contributed by atoms with Crippen LogP contribution in [-0.4, -0.2) is 46.5 Å². The molecule has 11 heteroatoms. The van der Waals surface area contributed by atoms with Crippen LogP contribution in [0.2, 0.25) is 0 Å². The zero-order valence-corrected chi connectivity index (χ0v) is 22.6. The van der Waals surface area contributed by atoms with Gasteiger partial charge in [-0.1, -0.05) is 24.3 Å². The van der Waals surface area contributed by atoms with E-state index in [1.807, 2.05) is 0 Å². The summed E-state index contributed by atoms with van der Waals surface area (Å²) in [6.45, 7) is 6.59. The number of carbonyl (C=O) groups excluding carboxylic acids is 3. The normalized spacial score (nSPS) is 14.5. The Morgan fingerprint density at radius 1 is 0.975 bits per heavy atom. The summed E-state index contributed by atoms with van der Waals surface area (Å²) in [5.41, 5.74) is -1.04. The number of halogens is 2. The molecule has 2 amide bonds. The van der Waals surface area contributed by atoms with Gasteiger partial charge in [-0.3, -0.25) is 15.0 Å². The number of rotatable bonds is 5. The number of guanidine groups is 1. The van der Waals surface area contributed by atoms with Gasteiger partial charge in [-0.05, 0) is 80.8 Å². The Bertz CT molecular complexity index is 1440. The van der Waals surface area contributed by atoms with Gasteiger partial charge >= 0.3 is 12.1 Å². The minimum atomic E-state index is -1.79. The van der Waals surface area contributed by atoms with Crippen molar-refractivity contribution < 1.29 is 32.6 Å². The number of esters is 1. The molecule has 0 bridgehead atoms. The summed E-state index contributed by atoms with van der Waals surface area (Å²) in [5, 5.41) is 2.55. The molecule has 0 radical (unpaired) electrons. The van der Waals surface area contributed by atoms with Crippen molar-refractivity contribution in [1.29, 1.82) is 0 Å². The lowest BCUT2D eigenvalue weighted by atomic mass is 9.82. The number of hydrogen-bond acceptors (Lipinski definition) is 7. The lowest BCUT2D eigenvalue weighted by Crippen LogP contribution is -2.47. The van der Waals surface area contributed by atoms with Crippen molar-refractivity contribution in [3.05, 3.63) is 100 Å². The smallest absolute Gasteiger partial charge is 0.414 e. The van der Waals surface area contributed by atoms with E-state index in [1.54, 1.807) is 33.8 Å². The van der Waals surface area contributed by atoms with E-state index in [0.717, 1.165) is 0 Å². The summed E-state index contributed by atoms with van der Waals surface area (Å²) in [6.07, 6.45) is -0.862. The van der Waals surface area contributed by atoms with Gasteiger partial charge < -0.3 is 9.47 Å². The molecule has 1 aliphatic heterocycles. The first-order valence-corrected chi connectivity index (χ1v) is 12.3. The summed E-state index contributed by atoms with van der Waals surface area (Å²) in [4.78, 5) is 49.4. The van der Waals surface area contributed by atoms with Crippen LogP contribution in [0.3, 0.4) is 0 Å². The minimum Gasteiger partial charge on any atom is -0.464 e. The summed E-state index contributed by atoms with van der Waals surface area (Å²) < 4.78 is 38.0. The Kier molecular flexibility index (Phi) is 7.68. The maximum absolute atomic E-state index is 14.4. The van der Waals surface area contributed by atoms with Crippen LogP contribution >= 0.6 is 0 Å². The van der Waals surface area contributed by atoms with E-state index in [9.17, 15) is 23.2 Å². The third kappa shape index (κ3) is 5.83. The number of amides is 2. The molecule has 0 saturated heterocycles. The first kappa shape index (κ1) is 28.3. The van der Waals surface area contributed by atoms with Gasteiger partial charge in [0.15, 0.2) is 5.54 Å². The van der Waals surface area contributed by atoms with Crippen LogP contribution in [0.25, 0.3) is 0 Å². The first-order chi connectivity index (χ1) is 18.8. The number of ether oxygens (including phenoxy) is 2. The Balaban J connectivity index is 1.87. The van der Waals surface area contributed by atoms with Crippen molar-refractivity contribution in [2.75, 3.05) is 7.11 Å². The molecule has 2 heterocycles. The topological polar surface area (TPSA) is 110 Å². The number of nitrogens with zero attached hydrogens (tertiary/aromatic N) is 3. The first-order valence-electron chi connectivity index (χ1n) is 12.3. The Morgan fingerprint density at radius 3 is 2.02 bits per heavy atom. The molecule has 2 aromatic carbocycles. The van der Waals surface area contributed by atoms with Crippen molar-refractivity contribution in [3.8, 4) is 0 Å². The van der Waals surface area contributed by atoms with E-state index < -0.39 is 40.7 Å². The fraction of sp³-hybridized carbons (Fsp3) is 0.276. The van der Waals surface area contributed by atoms with Gasteiger partial charge in [-0.15, -0.1) is 0 Å². The highest BCUT2D eigenvalue weighted by molar-refractivity contribution is 6.12. The number of aryl methyl sites for hydroxylation is 1. The minimum absolute atomic E-state index is 0.0334. The molecule has 40 heavy (non-hydrogen) atoms. The van der Waals surface area contributed by atoms with Gasteiger partial charge in [0, 0.05) is 5.69 Å². The van der Waals surface area contributed by atoms with E-state index in [-0.39, 0.29) is 29.3 Å². The van der Waals surface area contributed by atoms with Crippen LogP contribution in [0.5, 0.6) is 0 Å². The van der Waals surface area contributed by atoms with Crippen molar-refractivity contribution in [2.45, 2.75) is 45.4 Å². The molecule has 1 aromatic heterocycles. The van der Waals surface area contributed by atoms with Crippen LogP contribution in [0.15, 0.2) is 65.7 Å². The largest absolute Gasteiger partial charge is 0.464 e. The summed E-state index contributed by atoms with van der Waals surface area (Å²) in [6, 6.07) is 13.5. The quantitative estimate of drug-likeness (QED) is 0.464. The van der Waals surface area contributed by atoms with E-state index in [2.05, 4.69) is 15.3 Å². The Morgan fingerprint density at radius 2 is 1.52 bits per heavy atom. The van der Waals surface area contributed by atoms with Crippen molar-refractivity contribution >= 4 is 23.9 Å². The molecule has 1 N–H and O–H groups in total. The monoisotopic (exact) mass is 550 g/mol. The highest BCUT2D eigenvalue weighted by atomic mass is 19.1. The van der Waals surface area contributed by atoms with Crippen LogP contribution in [-0.2, 0) is 26.4 Å². The molecule has 4 rings (SSSR count). The molecule has 0 saturated carbocycles. The van der Waals surface area contributed by atoms with E-state index >= 15 is 0 Å². The number of hydrogen-bond donors (Lipinski definition) is 1. The molecule has 208 valence electrons. The molecule has 1 aliphatic rings. The molecule has 0 spiro atoms. The molecule has 9 nitrogen and oxygen atoms in total. The summed E-state index contributed by atoms with van der Waals surface area (Å²) in [5.74, 6) is -2.48. The molecular formula is C29H28F2N4O5. The van der Waals surface area contributed by atoms with Gasteiger partial charge in [-0.25, -0.2) is 28.3 Å². The fourth-order valence-corrected chi connectivity index (χ4v) is 4.34. The third-order valence-corrected chi connectivity index (χ3v) is 5.97. The predicted molar refractivity (Wildman–Crippen MR) is 141 cm³/mol. The molecule has 0 fully saturated rings. The van der Waals surface area contributed by atoms with E-state index in [4.69, 9.17) is 9.47 Å². The second-order valence-electron chi connectivity index (χ2n) is 10.2. The molecular weight excluding hydrogens is 522 g/mol. The fourth-order valence-electron chi connectivity index (χ4n) is 4.34. The van der Waals surface area contributed by atoms with Gasteiger partial charge in [-0.2, -0.15) is 0 Å². The van der Waals surface area contributed by atoms with Gasteiger partial charge in [0.1, 0.15) is 22.9 Å². The van der Waals surface area contributed by atoms with Gasteiger partial charge in [0.25, 0.3) is 5.91 Å². The number of aromatic nitrogens is 1. The van der Waals surface area contributed by atoms with Crippen LogP contribution in [0.1, 0.15) is 53.6 Å². The Hall–Kier alpha value is -4.67. The summed E-state index contributed by atoms with van der Waals surface area (Å²) in [7, 11) is 1.23. The van der Waals surface area contributed by atoms with Crippen molar-refractivity contribution in [3.63, 3.8) is 0 Å². The zero-order valence-electron chi connectivity index (χ0n) is 22.6. The third-order valence-electron chi connectivity index (χ3n) is 5.97. The average Bonchev–Trinajstić information content (AvgIpc) is 3.14. The summed E-state index contributed by atoms with van der Waals surface area (Å²) >= 11 is 0. The molecule has 0 atom stereocenters. The average molecular weight is 551 g/mol. The SMILES string of the molecule is COC(=O)c1cc(CN2C(=O)C(c3ccc(F)cc3)(c3ccc(F)cc3)N=C2NC(=O)OC(C)(C)C)cc(C)n1. The van der Waals surface area contributed by atoms with Crippen LogP contribution < -0.4 is 5.32 Å². The van der Waals surface area contributed by atoms with Crippen LogP contribution in [0, 0.1) is 18.6 Å². The van der Waals surface area contributed by atoms with Crippen molar-refractivity contribution in [2.24, 2.45) is 4.99 Å². The second-order valence-corrected chi connectivity index (χ2v) is 10.2. The number of benzene rings is 2. The van der Waals surface area contributed by atoms with Crippen molar-refractivity contribution in [1.82, 2.24) is 15.2 Å². The maximum atomic E-state index is 14.4. The van der Waals surface area contributed by atoms with E-state index in [1.165, 1.54) is 66.6 Å². The molecule has 0 unspecified atom stereocenters. The maximum Gasteiger partial charge on any atom is 0.414 e. The number of alkyl carbamates (subject to hydrolysis) is 1. The molecule has 0 aliphatic carbocycles. The number of aliphatic imine (C=N–C) groups is 1. The zero-order chi connectivity index (χ0) is 29.2.